The fourth-order valence-electron chi connectivity index (χ4n) is 3.13. The lowest BCUT2D eigenvalue weighted by molar-refractivity contribution is -0.137. The van der Waals surface area contributed by atoms with E-state index >= 15 is 0 Å². The van der Waals surface area contributed by atoms with Crippen LogP contribution in [0, 0.1) is 0 Å². The summed E-state index contributed by atoms with van der Waals surface area (Å²) in [4.78, 5) is 0. The molecule has 4 N–H and O–H groups in total. The van der Waals surface area contributed by atoms with E-state index in [2.05, 4.69) is 21.1 Å². The maximum atomic E-state index is 12.7. The summed E-state index contributed by atoms with van der Waals surface area (Å²) in [6.45, 7) is 3.97. The minimum atomic E-state index is -4.39. The topological polar surface area (TPSA) is 94.7 Å². The summed E-state index contributed by atoms with van der Waals surface area (Å²) < 4.78 is 73.1. The molecule has 0 radical (unpaired) electrons. The van der Waals surface area contributed by atoms with Crippen LogP contribution in [0.2, 0.25) is 0 Å². The summed E-state index contributed by atoms with van der Waals surface area (Å²) in [7, 11) is -3.73. The van der Waals surface area contributed by atoms with Crippen molar-refractivity contribution in [3.05, 3.63) is 41.7 Å². The number of hydrogen-bond acceptors (Lipinski definition) is 6. The van der Waals surface area contributed by atoms with Crippen LogP contribution in [0.5, 0.6) is 5.75 Å². The molecule has 2 heterocycles. The Morgan fingerprint density at radius 1 is 1.14 bits per heavy atom. The van der Waals surface area contributed by atoms with E-state index in [0.29, 0.717) is 24.3 Å². The van der Waals surface area contributed by atoms with Gasteiger partial charge in [-0.05, 0) is 51.0 Å². The highest BCUT2D eigenvalue weighted by Crippen LogP contribution is 2.31. The number of nitrogens with zero attached hydrogens (tertiary/aromatic N) is 1. The molecular weight excluding hydrogens is 411 g/mol. The Morgan fingerprint density at radius 2 is 1.76 bits per heavy atom. The molecule has 29 heavy (non-hydrogen) atoms. The number of ether oxygens (including phenoxy) is 1. The van der Waals surface area contributed by atoms with E-state index in [0.717, 1.165) is 12.1 Å². The lowest BCUT2D eigenvalue weighted by atomic mass is 10.0. The van der Waals surface area contributed by atoms with E-state index in [4.69, 9.17) is 4.74 Å². The third-order valence-electron chi connectivity index (χ3n) is 4.77. The Balaban J connectivity index is 1.54. The molecule has 1 fully saturated rings. The van der Waals surface area contributed by atoms with Crippen LogP contribution in [-0.2, 0) is 16.4 Å². The van der Waals surface area contributed by atoms with E-state index in [1.165, 1.54) is 16.4 Å². The van der Waals surface area contributed by atoms with Gasteiger partial charge in [0.15, 0.2) is 0 Å². The van der Waals surface area contributed by atoms with Crippen molar-refractivity contribution in [2.45, 2.75) is 44.5 Å². The molecule has 0 amide bonds. The fourth-order valence-corrected chi connectivity index (χ4v) is 4.71. The van der Waals surface area contributed by atoms with Gasteiger partial charge in [0, 0.05) is 19.3 Å². The summed E-state index contributed by atoms with van der Waals surface area (Å²) in [5.41, 5.74) is 7.28. The molecule has 0 aliphatic carbocycles. The van der Waals surface area contributed by atoms with Crippen molar-refractivity contribution in [1.29, 1.82) is 0 Å². The number of benzene rings is 1. The monoisotopic (exact) mass is 435 g/mol. The van der Waals surface area contributed by atoms with E-state index in [1.807, 2.05) is 0 Å². The van der Waals surface area contributed by atoms with Gasteiger partial charge >= 0.3 is 6.18 Å². The summed E-state index contributed by atoms with van der Waals surface area (Å²) in [6, 6.07) is 4.49. The lowest BCUT2D eigenvalue weighted by Gasteiger charge is -2.35. The molecule has 0 bridgehead atoms. The van der Waals surface area contributed by atoms with Crippen molar-refractivity contribution in [2.24, 2.45) is 0 Å². The highest BCUT2D eigenvalue weighted by atomic mass is 32.2. The van der Waals surface area contributed by atoms with Crippen molar-refractivity contribution in [3.8, 4) is 5.75 Å². The van der Waals surface area contributed by atoms with Crippen LogP contribution in [0.15, 0.2) is 36.2 Å². The Bertz CT molecular complexity index is 848. The first-order chi connectivity index (χ1) is 13.5. The lowest BCUT2D eigenvalue weighted by Crippen LogP contribution is -2.55. The van der Waals surface area contributed by atoms with Gasteiger partial charge in [0.2, 0.25) is 0 Å². The fraction of sp³-hybridized carbons (Fsp3) is 0.529. The summed E-state index contributed by atoms with van der Waals surface area (Å²) >= 11 is 0. The van der Waals surface area contributed by atoms with Gasteiger partial charge in [0.25, 0.3) is 10.2 Å². The first kappa shape index (κ1) is 21.7. The van der Waals surface area contributed by atoms with Gasteiger partial charge in [-0.15, -0.1) is 0 Å². The average molecular weight is 435 g/mol. The minimum Gasteiger partial charge on any atom is -0.490 e. The molecule has 12 heteroatoms. The molecule has 0 spiro atoms. The zero-order valence-electron chi connectivity index (χ0n) is 16.0. The second-order valence-corrected chi connectivity index (χ2v) is 9.09. The zero-order chi connectivity index (χ0) is 21.3. The Kier molecular flexibility index (Phi) is 5.99. The van der Waals surface area contributed by atoms with E-state index in [1.54, 1.807) is 20.0 Å². The van der Waals surface area contributed by atoms with Gasteiger partial charge in [-0.3, -0.25) is 0 Å². The average Bonchev–Trinajstić information content (AvgIpc) is 3.17. The van der Waals surface area contributed by atoms with E-state index in [-0.39, 0.29) is 19.2 Å². The Morgan fingerprint density at radius 3 is 2.28 bits per heavy atom. The van der Waals surface area contributed by atoms with Crippen molar-refractivity contribution >= 4 is 10.2 Å². The molecule has 8 nitrogen and oxygen atoms in total. The number of hydrogen-bond donors (Lipinski definition) is 4. The number of halogens is 3. The van der Waals surface area contributed by atoms with Crippen LogP contribution in [0.3, 0.4) is 0 Å². The standard InChI is InChI=1S/C17H24F3N5O3S/c1-16(2,15-11-21-24-22-15)23-29(26,27)25-9-7-14(8-10-25)28-13-5-3-12(4-6-13)17(18,19)20/h3-6,11,14,21-24H,7-10H2,1-2H3. The molecule has 1 aromatic rings. The van der Waals surface area contributed by atoms with Crippen LogP contribution in [0.25, 0.3) is 0 Å². The van der Waals surface area contributed by atoms with Gasteiger partial charge in [-0.1, -0.05) is 0 Å². The molecule has 0 aromatic heterocycles. The van der Waals surface area contributed by atoms with Crippen LogP contribution < -0.4 is 25.8 Å². The van der Waals surface area contributed by atoms with Crippen molar-refractivity contribution in [2.75, 3.05) is 13.1 Å². The van der Waals surface area contributed by atoms with Crippen LogP contribution in [-0.4, -0.2) is 37.5 Å². The van der Waals surface area contributed by atoms with Gasteiger partial charge in [0.05, 0.1) is 16.8 Å². The smallest absolute Gasteiger partial charge is 0.416 e. The Labute approximate surface area is 167 Å². The van der Waals surface area contributed by atoms with Crippen molar-refractivity contribution in [1.82, 2.24) is 25.4 Å². The summed E-state index contributed by atoms with van der Waals surface area (Å²) in [5.74, 6) is 0.331. The van der Waals surface area contributed by atoms with Crippen LogP contribution in [0.4, 0.5) is 13.2 Å². The second-order valence-electron chi connectivity index (χ2n) is 7.42. The molecule has 2 aliphatic rings. The second kappa shape index (κ2) is 8.01. The predicted molar refractivity (Wildman–Crippen MR) is 100 cm³/mol. The maximum Gasteiger partial charge on any atom is 0.416 e. The largest absolute Gasteiger partial charge is 0.490 e. The highest BCUT2D eigenvalue weighted by molar-refractivity contribution is 7.87. The van der Waals surface area contributed by atoms with Gasteiger partial charge in [0.1, 0.15) is 11.9 Å². The maximum absolute atomic E-state index is 12.7. The molecule has 1 saturated heterocycles. The molecule has 0 atom stereocenters. The number of piperidine rings is 1. The molecule has 162 valence electrons. The summed E-state index contributed by atoms with van der Waals surface area (Å²) in [5, 5.41) is 0. The van der Waals surface area contributed by atoms with Crippen LogP contribution >= 0.6 is 0 Å². The highest BCUT2D eigenvalue weighted by Gasteiger charge is 2.36. The van der Waals surface area contributed by atoms with Gasteiger partial charge < -0.3 is 15.6 Å². The van der Waals surface area contributed by atoms with E-state index < -0.39 is 27.5 Å². The van der Waals surface area contributed by atoms with Crippen molar-refractivity contribution in [3.63, 3.8) is 0 Å². The number of hydrazine groups is 2. The molecular formula is C17H24F3N5O3S. The van der Waals surface area contributed by atoms with Crippen LogP contribution in [0.1, 0.15) is 32.3 Å². The molecule has 0 unspecified atom stereocenters. The van der Waals surface area contributed by atoms with Crippen molar-refractivity contribution < 1.29 is 26.3 Å². The normalized spacial score (nSPS) is 19.4. The quantitative estimate of drug-likeness (QED) is 0.543. The molecule has 2 aliphatic heterocycles. The minimum absolute atomic E-state index is 0.250. The molecule has 3 rings (SSSR count). The number of alkyl halides is 3. The van der Waals surface area contributed by atoms with Gasteiger partial charge in [-0.2, -0.15) is 36.2 Å². The van der Waals surface area contributed by atoms with Gasteiger partial charge in [-0.25, -0.2) is 0 Å². The first-order valence-corrected chi connectivity index (χ1v) is 10.5. The summed E-state index contributed by atoms with van der Waals surface area (Å²) in [6.07, 6.45) is -2.15. The third-order valence-corrected chi connectivity index (χ3v) is 6.58. The molecule has 0 saturated carbocycles. The Hall–Kier alpha value is -2.02. The SMILES string of the molecule is CC(C)(NS(=O)(=O)N1CCC(Oc2ccc(C(F)(F)F)cc2)CC1)C1=CNNN1. The number of nitrogens with one attached hydrogen (secondary N) is 4. The predicted octanol–water partition coefficient (Wildman–Crippen LogP) is 1.62. The zero-order valence-corrected chi connectivity index (χ0v) is 16.8. The van der Waals surface area contributed by atoms with E-state index in [9.17, 15) is 21.6 Å². The first-order valence-electron chi connectivity index (χ1n) is 9.07. The third kappa shape index (κ3) is 5.32. The number of rotatable bonds is 6. The molecule has 1 aromatic carbocycles.